The Morgan fingerprint density at radius 1 is 0.576 bits per heavy atom. The van der Waals surface area contributed by atoms with Gasteiger partial charge in [0.05, 0.1) is 8.07 Å². The molecule has 0 radical (unpaired) electrons. The summed E-state index contributed by atoms with van der Waals surface area (Å²) >= 11 is 0. The molecule has 1 unspecified atom stereocenters. The Morgan fingerprint density at radius 3 is 1.21 bits per heavy atom. The third-order valence-electron chi connectivity index (χ3n) is 6.50. The summed E-state index contributed by atoms with van der Waals surface area (Å²) in [7, 11) is -4.34. The van der Waals surface area contributed by atoms with Gasteiger partial charge in [0.1, 0.15) is 5.22 Å². The predicted molar refractivity (Wildman–Crippen MR) is 97.1 cm³/mol. The molecule has 0 amide bonds. The van der Waals surface area contributed by atoms with E-state index in [2.05, 4.69) is 0 Å². The van der Waals surface area contributed by atoms with Gasteiger partial charge in [-0.25, -0.2) is 0 Å². The molecule has 1 nitrogen and oxygen atoms in total. The number of alkyl halides is 13. The van der Waals surface area contributed by atoms with Gasteiger partial charge in [-0.05, 0) is 11.5 Å². The molecule has 0 saturated carbocycles. The minimum absolute atomic E-state index is 0.0112. The van der Waals surface area contributed by atoms with Gasteiger partial charge in [-0.2, -0.15) is 57.1 Å². The molecule has 0 aliphatic heterocycles. The minimum Gasteiger partial charge on any atom is -0.387 e. The molecule has 0 aromatic rings. The Hall–Kier alpha value is -0.733. The molecule has 0 rings (SSSR count). The zero-order chi connectivity index (χ0) is 27.3. The van der Waals surface area contributed by atoms with E-state index in [9.17, 15) is 53.4 Å². The second-order valence-corrected chi connectivity index (χ2v) is 15.1. The molecule has 0 saturated heterocycles. The lowest BCUT2D eigenvalue weighted by Gasteiger charge is -2.54. The van der Waals surface area contributed by atoms with Crippen molar-refractivity contribution < 1.29 is 62.2 Å². The fourth-order valence-electron chi connectivity index (χ4n) is 3.14. The normalized spacial score (nSPS) is 17.8. The lowest BCUT2D eigenvalue weighted by Crippen LogP contribution is -2.78. The minimum atomic E-state index is -7.98. The topological polar surface area (TPSA) is 20.2 Å². The van der Waals surface area contributed by atoms with Crippen LogP contribution in [0.1, 0.15) is 53.4 Å². The first-order valence-corrected chi connectivity index (χ1v) is 12.7. The second-order valence-electron chi connectivity index (χ2n) is 9.56. The quantitative estimate of drug-likeness (QED) is 0.171. The predicted octanol–water partition coefficient (Wildman–Crippen LogP) is 8.08. The Bertz CT molecular complexity index is 680. The van der Waals surface area contributed by atoms with E-state index in [0.29, 0.717) is 0 Å². The third-order valence-corrected chi connectivity index (χ3v) is 12.9. The molecule has 0 heterocycles. The third kappa shape index (κ3) is 4.49. The number of halogens is 13. The highest BCUT2D eigenvalue weighted by Gasteiger charge is 2.93. The molecule has 0 fully saturated rings. The average molecular weight is 534 g/mol. The number of unbranched alkanes of at least 4 members (excludes halogenated alkanes) is 2. The molecule has 200 valence electrons. The maximum absolute atomic E-state index is 15.1. The highest BCUT2D eigenvalue weighted by Crippen LogP contribution is 2.64. The second kappa shape index (κ2) is 8.73. The van der Waals surface area contributed by atoms with E-state index in [-0.39, 0.29) is 12.8 Å². The lowest BCUT2D eigenvalue weighted by atomic mass is 9.89. The summed E-state index contributed by atoms with van der Waals surface area (Å²) in [6.45, 7) is 6.83. The number of aliphatic hydroxyl groups is 1. The summed E-state index contributed by atoms with van der Waals surface area (Å²) < 4.78 is 178. The summed E-state index contributed by atoms with van der Waals surface area (Å²) in [4.78, 5) is 0. The Kier molecular flexibility index (Phi) is 8.54. The summed E-state index contributed by atoms with van der Waals surface area (Å²) in [6.07, 6.45) is -8.97. The van der Waals surface area contributed by atoms with Crippen molar-refractivity contribution in [3.63, 3.8) is 0 Å². The van der Waals surface area contributed by atoms with E-state index in [1.807, 2.05) is 0 Å². The van der Waals surface area contributed by atoms with E-state index >= 15 is 8.78 Å². The highest BCUT2D eigenvalue weighted by atomic mass is 28.3. The highest BCUT2D eigenvalue weighted by molar-refractivity contribution is 6.83. The van der Waals surface area contributed by atoms with E-state index in [1.54, 1.807) is 0 Å². The van der Waals surface area contributed by atoms with Crippen molar-refractivity contribution in [2.45, 2.75) is 113 Å². The molecule has 0 aliphatic rings. The molecule has 1 N–H and O–H groups in total. The van der Waals surface area contributed by atoms with Crippen LogP contribution in [-0.2, 0) is 0 Å². The number of rotatable bonds is 10. The van der Waals surface area contributed by atoms with Crippen LogP contribution in [-0.4, -0.2) is 54.2 Å². The fourth-order valence-corrected chi connectivity index (χ4v) is 6.13. The van der Waals surface area contributed by atoms with E-state index in [4.69, 9.17) is 0 Å². The van der Waals surface area contributed by atoms with Gasteiger partial charge in [-0.3, -0.25) is 0 Å². The van der Waals surface area contributed by atoms with Crippen LogP contribution in [0.15, 0.2) is 0 Å². The van der Waals surface area contributed by atoms with Gasteiger partial charge in [0.15, 0.2) is 0 Å². The molecule has 0 aromatic carbocycles. The van der Waals surface area contributed by atoms with Gasteiger partial charge in [0.2, 0.25) is 0 Å². The molecular formula is C18H27F13OSi. The van der Waals surface area contributed by atoms with Crippen LogP contribution in [0.3, 0.4) is 0 Å². The molecule has 0 aliphatic carbocycles. The largest absolute Gasteiger partial charge is 0.460 e. The van der Waals surface area contributed by atoms with Crippen molar-refractivity contribution in [1.29, 1.82) is 0 Å². The van der Waals surface area contributed by atoms with E-state index in [0.717, 1.165) is 13.1 Å². The summed E-state index contributed by atoms with van der Waals surface area (Å²) in [6, 6.07) is 0. The molecule has 0 spiro atoms. The van der Waals surface area contributed by atoms with Crippen LogP contribution in [0.5, 0.6) is 0 Å². The van der Waals surface area contributed by atoms with Crippen molar-refractivity contribution in [2.75, 3.05) is 0 Å². The summed E-state index contributed by atoms with van der Waals surface area (Å²) in [5, 5.41) is 5.25. The van der Waals surface area contributed by atoms with Gasteiger partial charge in [0.25, 0.3) is 0 Å². The van der Waals surface area contributed by atoms with Gasteiger partial charge in [0, 0.05) is 0 Å². The van der Waals surface area contributed by atoms with Crippen LogP contribution < -0.4 is 0 Å². The molecule has 0 aromatic heterocycles. The van der Waals surface area contributed by atoms with Crippen LogP contribution in [0.25, 0.3) is 0 Å². The molecule has 15 heteroatoms. The van der Waals surface area contributed by atoms with E-state index < -0.39 is 67.0 Å². The first-order chi connectivity index (χ1) is 14.1. The lowest BCUT2D eigenvalue weighted by molar-refractivity contribution is -0.446. The Labute approximate surface area is 183 Å². The van der Waals surface area contributed by atoms with Crippen LogP contribution >= 0.6 is 0 Å². The monoisotopic (exact) mass is 534 g/mol. The van der Waals surface area contributed by atoms with Crippen LogP contribution in [0, 0.1) is 0 Å². The van der Waals surface area contributed by atoms with Gasteiger partial charge in [-0.1, -0.05) is 60.1 Å². The number of hydrogen-bond acceptors (Lipinski definition) is 1. The molecule has 33 heavy (non-hydrogen) atoms. The summed E-state index contributed by atoms with van der Waals surface area (Å²) in [5.74, 6) is -37.7. The van der Waals surface area contributed by atoms with Crippen LogP contribution in [0.2, 0.25) is 18.1 Å². The first kappa shape index (κ1) is 32.3. The van der Waals surface area contributed by atoms with Crippen molar-refractivity contribution >= 4 is 8.07 Å². The summed E-state index contributed by atoms with van der Waals surface area (Å²) in [5.41, 5.74) is 0. The Balaban J connectivity index is 7.08. The van der Waals surface area contributed by atoms with Crippen LogP contribution in [0.4, 0.5) is 57.1 Å². The van der Waals surface area contributed by atoms with Gasteiger partial charge < -0.3 is 5.11 Å². The zero-order valence-electron chi connectivity index (χ0n) is 18.7. The van der Waals surface area contributed by atoms with Gasteiger partial charge >= 0.3 is 35.8 Å². The first-order valence-electron chi connectivity index (χ1n) is 9.74. The maximum Gasteiger partial charge on any atom is 0.460 e. The smallest absolute Gasteiger partial charge is 0.387 e. The van der Waals surface area contributed by atoms with Crippen molar-refractivity contribution in [3.8, 4) is 0 Å². The van der Waals surface area contributed by atoms with E-state index in [1.165, 1.54) is 27.7 Å². The molecule has 0 bridgehead atoms. The Morgan fingerprint density at radius 2 is 0.909 bits per heavy atom. The maximum atomic E-state index is 15.1. The molecular weight excluding hydrogens is 507 g/mol. The SMILES string of the molecule is CCCCCC(O)(C(F)(F)C(F)(F)C(F)(F)C(F)(F)C(F)(F)C(F)(F)F)[Si](C)(C)C(C)(C)C. The van der Waals surface area contributed by atoms with Crippen molar-refractivity contribution in [1.82, 2.24) is 0 Å². The van der Waals surface area contributed by atoms with Crippen molar-refractivity contribution in [3.05, 3.63) is 0 Å². The molecule has 1 atom stereocenters. The average Bonchev–Trinajstić information content (AvgIpc) is 2.58. The van der Waals surface area contributed by atoms with Crippen molar-refractivity contribution in [2.24, 2.45) is 0 Å². The standard InChI is InChI=1S/C18H27F13OSi/c1-7-8-9-10-12(32,33(5,6)11(2,3)4)13(19,20)14(21,22)15(23,24)16(25,26)17(27,28)18(29,30)31/h32H,7-10H2,1-6H3. The zero-order valence-corrected chi connectivity index (χ0v) is 19.7. The van der Waals surface area contributed by atoms with Gasteiger partial charge in [-0.15, -0.1) is 0 Å². The fraction of sp³-hybridized carbons (Fsp3) is 1.00. The number of hydrogen-bond donors (Lipinski definition) is 1.